The molecule has 0 spiro atoms. The molecule has 25 heavy (non-hydrogen) atoms. The topological polar surface area (TPSA) is 102 Å². The Morgan fingerprint density at radius 3 is 2.44 bits per heavy atom. The van der Waals surface area contributed by atoms with Crippen LogP contribution in [0.3, 0.4) is 0 Å². The van der Waals surface area contributed by atoms with Gasteiger partial charge in [-0.05, 0) is 24.3 Å². The number of hydrogen-bond donors (Lipinski definition) is 1. The van der Waals surface area contributed by atoms with E-state index in [1.165, 1.54) is 12.1 Å². The fourth-order valence-electron chi connectivity index (χ4n) is 2.11. The van der Waals surface area contributed by atoms with Gasteiger partial charge in [0.15, 0.2) is 6.61 Å². The highest BCUT2D eigenvalue weighted by Gasteiger charge is 2.20. The van der Waals surface area contributed by atoms with Crippen molar-refractivity contribution >= 4 is 28.9 Å². The molecule has 0 unspecified atom stereocenters. The third kappa shape index (κ3) is 4.77. The molecule has 0 fully saturated rings. The van der Waals surface area contributed by atoms with Gasteiger partial charge >= 0.3 is 5.97 Å². The van der Waals surface area contributed by atoms with E-state index in [0.717, 1.165) is 6.07 Å². The van der Waals surface area contributed by atoms with Crippen LogP contribution < -0.4 is 10.2 Å². The van der Waals surface area contributed by atoms with Gasteiger partial charge in [0.1, 0.15) is 5.69 Å². The Morgan fingerprint density at radius 2 is 1.84 bits per heavy atom. The van der Waals surface area contributed by atoms with Crippen LogP contribution in [0.15, 0.2) is 48.5 Å². The zero-order valence-electron chi connectivity index (χ0n) is 13.8. The summed E-state index contributed by atoms with van der Waals surface area (Å²) in [5.74, 6) is -1.31. The summed E-state index contributed by atoms with van der Waals surface area (Å²) >= 11 is 0. The molecule has 0 aliphatic carbocycles. The van der Waals surface area contributed by atoms with Crippen molar-refractivity contribution in [3.05, 3.63) is 64.2 Å². The lowest BCUT2D eigenvalue weighted by molar-refractivity contribution is -0.384. The van der Waals surface area contributed by atoms with Crippen LogP contribution in [0.4, 0.5) is 17.1 Å². The largest absolute Gasteiger partial charge is 0.452 e. The van der Waals surface area contributed by atoms with Gasteiger partial charge in [0.2, 0.25) is 0 Å². The van der Waals surface area contributed by atoms with Crippen LogP contribution in [0.2, 0.25) is 0 Å². The number of anilines is 2. The van der Waals surface area contributed by atoms with E-state index in [9.17, 15) is 19.7 Å². The average molecular weight is 343 g/mol. The summed E-state index contributed by atoms with van der Waals surface area (Å²) in [7, 11) is 3.32. The second-order valence-electron chi connectivity index (χ2n) is 5.35. The minimum absolute atomic E-state index is 0.00445. The van der Waals surface area contributed by atoms with Crippen LogP contribution in [0.5, 0.6) is 0 Å². The minimum atomic E-state index is -0.809. The Morgan fingerprint density at radius 1 is 1.16 bits per heavy atom. The zero-order valence-corrected chi connectivity index (χ0v) is 13.8. The molecule has 1 N–H and O–H groups in total. The van der Waals surface area contributed by atoms with E-state index in [4.69, 9.17) is 4.74 Å². The van der Waals surface area contributed by atoms with Crippen LogP contribution >= 0.6 is 0 Å². The lowest BCUT2D eigenvalue weighted by atomic mass is 10.1. The van der Waals surface area contributed by atoms with Gasteiger partial charge in [-0.2, -0.15) is 0 Å². The van der Waals surface area contributed by atoms with Gasteiger partial charge in [-0.25, -0.2) is 4.79 Å². The number of benzene rings is 2. The molecule has 0 aliphatic rings. The SMILES string of the molecule is CN(C)c1ccc(C(=O)OCC(=O)Nc2ccccc2)cc1[N+](=O)[O-]. The molecule has 0 saturated heterocycles. The molecule has 0 aromatic heterocycles. The van der Waals surface area contributed by atoms with Crippen LogP contribution in [0.1, 0.15) is 10.4 Å². The molecule has 2 rings (SSSR count). The molecule has 1 amide bonds. The summed E-state index contributed by atoms with van der Waals surface area (Å²) in [5, 5.41) is 13.7. The Balaban J connectivity index is 2.02. The number of carbonyl (C=O) groups excluding carboxylic acids is 2. The zero-order chi connectivity index (χ0) is 18.4. The molecule has 8 nitrogen and oxygen atoms in total. The van der Waals surface area contributed by atoms with E-state index in [2.05, 4.69) is 5.32 Å². The molecule has 0 aliphatic heterocycles. The normalized spacial score (nSPS) is 10.0. The molecule has 2 aromatic carbocycles. The summed E-state index contributed by atoms with van der Waals surface area (Å²) in [6, 6.07) is 12.7. The van der Waals surface area contributed by atoms with E-state index in [0.29, 0.717) is 11.4 Å². The fourth-order valence-corrected chi connectivity index (χ4v) is 2.11. The first-order valence-electron chi connectivity index (χ1n) is 7.36. The minimum Gasteiger partial charge on any atom is -0.452 e. The van der Waals surface area contributed by atoms with E-state index in [-0.39, 0.29) is 11.3 Å². The number of rotatable bonds is 6. The number of hydrogen-bond acceptors (Lipinski definition) is 6. The molecular formula is C17H17N3O5. The van der Waals surface area contributed by atoms with Gasteiger partial charge in [-0.15, -0.1) is 0 Å². The molecule has 0 heterocycles. The molecule has 8 heteroatoms. The van der Waals surface area contributed by atoms with Crippen molar-refractivity contribution in [2.75, 3.05) is 30.9 Å². The monoisotopic (exact) mass is 343 g/mol. The van der Waals surface area contributed by atoms with E-state index < -0.39 is 23.4 Å². The number of nitrogens with zero attached hydrogens (tertiary/aromatic N) is 2. The van der Waals surface area contributed by atoms with Crippen LogP contribution in [0, 0.1) is 10.1 Å². The second-order valence-corrected chi connectivity index (χ2v) is 5.35. The number of nitrogens with one attached hydrogen (secondary N) is 1. The smallest absolute Gasteiger partial charge is 0.338 e. The Hall–Kier alpha value is -3.42. The number of nitro groups is 1. The maximum atomic E-state index is 12.0. The Labute approximate surface area is 144 Å². The van der Waals surface area contributed by atoms with Crippen molar-refractivity contribution < 1.29 is 19.2 Å². The third-order valence-corrected chi connectivity index (χ3v) is 3.28. The maximum absolute atomic E-state index is 12.0. The van der Waals surface area contributed by atoms with Gasteiger partial charge in [-0.1, -0.05) is 18.2 Å². The number of nitro benzene ring substituents is 1. The first-order chi connectivity index (χ1) is 11.9. The summed E-state index contributed by atoms with van der Waals surface area (Å²) in [4.78, 5) is 35.9. The van der Waals surface area contributed by atoms with Crippen molar-refractivity contribution in [1.82, 2.24) is 0 Å². The van der Waals surface area contributed by atoms with Crippen molar-refractivity contribution in [1.29, 1.82) is 0 Å². The lowest BCUT2D eigenvalue weighted by Gasteiger charge is -2.13. The van der Waals surface area contributed by atoms with Crippen LogP contribution in [0.25, 0.3) is 0 Å². The number of ether oxygens (including phenoxy) is 1. The molecule has 2 aromatic rings. The summed E-state index contributed by atoms with van der Waals surface area (Å²) in [6.07, 6.45) is 0. The maximum Gasteiger partial charge on any atom is 0.338 e. The predicted molar refractivity (Wildman–Crippen MR) is 92.8 cm³/mol. The van der Waals surface area contributed by atoms with Crippen molar-refractivity contribution in [2.24, 2.45) is 0 Å². The van der Waals surface area contributed by atoms with Crippen LogP contribution in [-0.2, 0) is 9.53 Å². The Kier molecular flexibility index (Phi) is 5.67. The molecule has 0 bridgehead atoms. The van der Waals surface area contributed by atoms with E-state index in [1.54, 1.807) is 49.3 Å². The lowest BCUT2D eigenvalue weighted by Crippen LogP contribution is -2.21. The molecule has 0 saturated carbocycles. The first kappa shape index (κ1) is 17.9. The highest BCUT2D eigenvalue weighted by molar-refractivity contribution is 5.96. The second kappa shape index (κ2) is 7.91. The van der Waals surface area contributed by atoms with Crippen molar-refractivity contribution in [3.8, 4) is 0 Å². The highest BCUT2D eigenvalue weighted by Crippen LogP contribution is 2.27. The molecule has 0 atom stereocenters. The van der Waals surface area contributed by atoms with E-state index in [1.807, 2.05) is 0 Å². The summed E-state index contributed by atoms with van der Waals surface area (Å²) < 4.78 is 4.91. The third-order valence-electron chi connectivity index (χ3n) is 3.28. The van der Waals surface area contributed by atoms with Crippen molar-refractivity contribution in [3.63, 3.8) is 0 Å². The first-order valence-corrected chi connectivity index (χ1v) is 7.36. The summed E-state index contributed by atoms with van der Waals surface area (Å²) in [5.41, 5.74) is 0.732. The average Bonchev–Trinajstić information content (AvgIpc) is 2.59. The summed E-state index contributed by atoms with van der Waals surface area (Å²) in [6.45, 7) is -0.489. The number of carbonyl (C=O) groups is 2. The standard InChI is InChI=1S/C17H17N3O5/c1-19(2)14-9-8-12(10-15(14)20(23)24)17(22)25-11-16(21)18-13-6-4-3-5-7-13/h3-10H,11H2,1-2H3,(H,18,21). The number of esters is 1. The van der Waals surface area contributed by atoms with E-state index >= 15 is 0 Å². The molecule has 0 radical (unpaired) electrons. The van der Waals surface area contributed by atoms with Gasteiger partial charge in [0.05, 0.1) is 10.5 Å². The van der Waals surface area contributed by atoms with Crippen molar-refractivity contribution in [2.45, 2.75) is 0 Å². The van der Waals surface area contributed by atoms with Gasteiger partial charge in [0.25, 0.3) is 11.6 Å². The molecular weight excluding hydrogens is 326 g/mol. The number of para-hydroxylation sites is 1. The van der Waals surface area contributed by atoms with Crippen LogP contribution in [-0.4, -0.2) is 37.5 Å². The van der Waals surface area contributed by atoms with Gasteiger partial charge in [-0.3, -0.25) is 14.9 Å². The van der Waals surface area contributed by atoms with Gasteiger partial charge < -0.3 is 15.0 Å². The molecule has 130 valence electrons. The quantitative estimate of drug-likeness (QED) is 0.491. The predicted octanol–water partition coefficient (Wildman–Crippen LogP) is 2.46. The van der Waals surface area contributed by atoms with Gasteiger partial charge in [0, 0.05) is 25.8 Å². The fraction of sp³-hybridized carbons (Fsp3) is 0.176. The number of amides is 1. The Bertz CT molecular complexity index is 790. The highest BCUT2D eigenvalue weighted by atomic mass is 16.6.